The van der Waals surface area contributed by atoms with E-state index in [1.807, 2.05) is 6.07 Å². The number of nitrogens with one attached hydrogen (secondary N) is 2. The topological polar surface area (TPSA) is 105 Å². The summed E-state index contributed by atoms with van der Waals surface area (Å²) in [6.07, 6.45) is 3.42. The summed E-state index contributed by atoms with van der Waals surface area (Å²) in [6, 6.07) is 6.88. The second-order valence-electron chi connectivity index (χ2n) is 6.59. The Morgan fingerprint density at radius 3 is 2.86 bits per heavy atom. The molecule has 0 atom stereocenters. The number of hydrogen-bond donors (Lipinski definition) is 2. The number of aromatic nitrogens is 1. The fourth-order valence-corrected chi connectivity index (χ4v) is 3.44. The van der Waals surface area contributed by atoms with Gasteiger partial charge in [0.1, 0.15) is 6.26 Å². The van der Waals surface area contributed by atoms with Crippen molar-refractivity contribution in [1.29, 1.82) is 0 Å². The quantitative estimate of drug-likeness (QED) is 0.671. The Kier molecular flexibility index (Phi) is 4.60. The Balaban J connectivity index is 1.49. The van der Waals surface area contributed by atoms with Gasteiger partial charge in [-0.25, -0.2) is 4.79 Å². The first kappa shape index (κ1) is 17.8. The Morgan fingerprint density at radius 2 is 2.11 bits per heavy atom. The zero-order valence-corrected chi connectivity index (χ0v) is 15.3. The van der Waals surface area contributed by atoms with Gasteiger partial charge in [0.2, 0.25) is 5.91 Å². The molecule has 0 aliphatic carbocycles. The number of fused-ring (bicyclic) bond motifs is 3. The summed E-state index contributed by atoms with van der Waals surface area (Å²) in [6.45, 7) is 0.888. The maximum Gasteiger partial charge on any atom is 0.337 e. The molecule has 2 aromatic heterocycles. The summed E-state index contributed by atoms with van der Waals surface area (Å²) >= 11 is 0. The third kappa shape index (κ3) is 3.24. The number of nitrogens with zero attached hydrogens (tertiary/aromatic N) is 1. The van der Waals surface area contributed by atoms with Crippen LogP contribution in [0.4, 0.5) is 0 Å². The highest BCUT2D eigenvalue weighted by Crippen LogP contribution is 2.28. The summed E-state index contributed by atoms with van der Waals surface area (Å²) in [5, 5.41) is 3.51. The van der Waals surface area contributed by atoms with Gasteiger partial charge >= 0.3 is 5.97 Å². The fraction of sp³-hybridized carbons (Fsp3) is 0.250. The van der Waals surface area contributed by atoms with Gasteiger partial charge in [-0.1, -0.05) is 0 Å². The maximum atomic E-state index is 12.6. The zero-order valence-electron chi connectivity index (χ0n) is 15.3. The number of hydrogen-bond acceptors (Lipinski definition) is 5. The van der Waals surface area contributed by atoms with Gasteiger partial charge in [-0.2, -0.15) is 0 Å². The molecule has 0 bridgehead atoms. The number of furan rings is 1. The van der Waals surface area contributed by atoms with Gasteiger partial charge in [0.25, 0.3) is 5.91 Å². The summed E-state index contributed by atoms with van der Waals surface area (Å²) < 4.78 is 9.66. The molecule has 4 rings (SSSR count). The number of methoxy groups -OCH3 is 1. The van der Waals surface area contributed by atoms with E-state index in [1.165, 1.54) is 25.7 Å². The van der Waals surface area contributed by atoms with Crippen LogP contribution in [0.5, 0.6) is 0 Å². The lowest BCUT2D eigenvalue weighted by atomic mass is 10.0. The van der Waals surface area contributed by atoms with E-state index in [4.69, 9.17) is 9.15 Å². The molecule has 3 heterocycles. The van der Waals surface area contributed by atoms with Crippen LogP contribution >= 0.6 is 0 Å². The average Bonchev–Trinajstić information content (AvgIpc) is 3.38. The second kappa shape index (κ2) is 7.22. The van der Waals surface area contributed by atoms with Crippen molar-refractivity contribution in [3.63, 3.8) is 0 Å². The SMILES string of the molecule is COC(=O)c1ccc2[nH]c3c(c2c1)CN(C(=O)CNC(=O)c1ccoc1)CC3. The lowest BCUT2D eigenvalue weighted by molar-refractivity contribution is -0.131. The fourth-order valence-electron chi connectivity index (χ4n) is 3.44. The van der Waals surface area contributed by atoms with Crippen LogP contribution in [-0.4, -0.2) is 47.9 Å². The van der Waals surface area contributed by atoms with E-state index in [-0.39, 0.29) is 18.4 Å². The normalized spacial score (nSPS) is 13.2. The largest absolute Gasteiger partial charge is 0.472 e. The average molecular weight is 381 g/mol. The van der Waals surface area contributed by atoms with Crippen LogP contribution in [0.1, 0.15) is 32.0 Å². The van der Waals surface area contributed by atoms with Crippen LogP contribution in [0, 0.1) is 0 Å². The molecule has 1 aliphatic heterocycles. The van der Waals surface area contributed by atoms with Crippen molar-refractivity contribution in [3.05, 3.63) is 59.2 Å². The van der Waals surface area contributed by atoms with Gasteiger partial charge in [-0.05, 0) is 24.3 Å². The number of rotatable bonds is 4. The molecule has 8 heteroatoms. The number of ether oxygens (including phenoxy) is 1. The minimum Gasteiger partial charge on any atom is -0.472 e. The Labute approximate surface area is 160 Å². The summed E-state index contributed by atoms with van der Waals surface area (Å²) in [5.41, 5.74) is 3.80. The number of carbonyl (C=O) groups is 3. The van der Waals surface area contributed by atoms with Crippen LogP contribution < -0.4 is 5.32 Å². The van der Waals surface area contributed by atoms with E-state index in [1.54, 1.807) is 17.0 Å². The molecule has 0 saturated carbocycles. The van der Waals surface area contributed by atoms with Crippen molar-refractivity contribution in [2.45, 2.75) is 13.0 Å². The molecule has 8 nitrogen and oxygen atoms in total. The number of benzene rings is 1. The predicted molar refractivity (Wildman–Crippen MR) is 99.8 cm³/mol. The highest BCUT2D eigenvalue weighted by Gasteiger charge is 2.25. The smallest absolute Gasteiger partial charge is 0.337 e. The van der Waals surface area contributed by atoms with Crippen LogP contribution in [0.3, 0.4) is 0 Å². The van der Waals surface area contributed by atoms with Crippen molar-refractivity contribution < 1.29 is 23.5 Å². The van der Waals surface area contributed by atoms with Crippen LogP contribution in [0.15, 0.2) is 41.2 Å². The van der Waals surface area contributed by atoms with E-state index in [2.05, 4.69) is 10.3 Å². The van der Waals surface area contributed by atoms with Gasteiger partial charge in [0, 0.05) is 41.7 Å². The Hall–Kier alpha value is -3.55. The summed E-state index contributed by atoms with van der Waals surface area (Å²) in [7, 11) is 1.34. The standard InChI is InChI=1S/C20H19N3O5/c1-27-20(26)12-2-3-16-14(8-12)15-10-23(6-4-17(15)22-16)18(24)9-21-19(25)13-5-7-28-11-13/h2-3,5,7-8,11,22H,4,6,9-10H2,1H3,(H,21,25). The molecule has 1 aromatic carbocycles. The van der Waals surface area contributed by atoms with E-state index in [0.29, 0.717) is 30.6 Å². The second-order valence-corrected chi connectivity index (χ2v) is 6.59. The van der Waals surface area contributed by atoms with Crippen molar-refractivity contribution in [3.8, 4) is 0 Å². The molecule has 2 N–H and O–H groups in total. The molecule has 0 radical (unpaired) electrons. The lowest BCUT2D eigenvalue weighted by Crippen LogP contribution is -2.42. The van der Waals surface area contributed by atoms with E-state index >= 15 is 0 Å². The molecule has 1 aliphatic rings. The van der Waals surface area contributed by atoms with E-state index < -0.39 is 5.97 Å². The molecule has 0 fully saturated rings. The molecule has 2 amide bonds. The molecular weight excluding hydrogens is 362 g/mol. The molecule has 28 heavy (non-hydrogen) atoms. The summed E-state index contributed by atoms with van der Waals surface area (Å²) in [5.74, 6) is -0.918. The van der Waals surface area contributed by atoms with Crippen LogP contribution in [-0.2, 0) is 22.5 Å². The zero-order chi connectivity index (χ0) is 19.7. The van der Waals surface area contributed by atoms with Crippen molar-refractivity contribution >= 4 is 28.7 Å². The highest BCUT2D eigenvalue weighted by molar-refractivity contribution is 5.97. The molecule has 0 spiro atoms. The first-order valence-corrected chi connectivity index (χ1v) is 8.87. The van der Waals surface area contributed by atoms with Crippen LogP contribution in [0.2, 0.25) is 0 Å². The molecule has 0 unspecified atom stereocenters. The first-order chi connectivity index (χ1) is 13.6. The number of amides is 2. The first-order valence-electron chi connectivity index (χ1n) is 8.87. The maximum absolute atomic E-state index is 12.6. The Morgan fingerprint density at radius 1 is 1.25 bits per heavy atom. The molecule has 0 saturated heterocycles. The van der Waals surface area contributed by atoms with Crippen molar-refractivity contribution in [2.24, 2.45) is 0 Å². The van der Waals surface area contributed by atoms with E-state index in [0.717, 1.165) is 22.2 Å². The monoisotopic (exact) mass is 381 g/mol. The van der Waals surface area contributed by atoms with Gasteiger partial charge in [-0.15, -0.1) is 0 Å². The number of esters is 1. The van der Waals surface area contributed by atoms with Gasteiger partial charge in [-0.3, -0.25) is 9.59 Å². The van der Waals surface area contributed by atoms with Crippen molar-refractivity contribution in [1.82, 2.24) is 15.2 Å². The molecule has 3 aromatic rings. The van der Waals surface area contributed by atoms with Gasteiger partial charge < -0.3 is 24.4 Å². The van der Waals surface area contributed by atoms with E-state index in [9.17, 15) is 14.4 Å². The minimum absolute atomic E-state index is 0.0882. The van der Waals surface area contributed by atoms with Gasteiger partial charge in [0.15, 0.2) is 0 Å². The van der Waals surface area contributed by atoms with Crippen LogP contribution in [0.25, 0.3) is 10.9 Å². The number of carbonyl (C=O) groups excluding carboxylic acids is 3. The third-order valence-corrected chi connectivity index (χ3v) is 4.93. The molecule has 144 valence electrons. The lowest BCUT2D eigenvalue weighted by Gasteiger charge is -2.27. The number of aromatic amines is 1. The summed E-state index contributed by atoms with van der Waals surface area (Å²) in [4.78, 5) is 41.4. The van der Waals surface area contributed by atoms with Crippen molar-refractivity contribution in [2.75, 3.05) is 20.2 Å². The predicted octanol–water partition coefficient (Wildman–Crippen LogP) is 1.86. The van der Waals surface area contributed by atoms with Gasteiger partial charge in [0.05, 0.1) is 31.0 Å². The minimum atomic E-state index is -0.400. The number of H-pyrrole nitrogens is 1. The Bertz CT molecular complexity index is 1050. The highest BCUT2D eigenvalue weighted by atomic mass is 16.5. The molecular formula is C20H19N3O5. The third-order valence-electron chi connectivity index (χ3n) is 4.93.